The third-order valence-corrected chi connectivity index (χ3v) is 5.82. The zero-order valence-electron chi connectivity index (χ0n) is 21.1. The minimum absolute atomic E-state index is 0.0448. The van der Waals surface area contributed by atoms with E-state index < -0.39 is 0 Å². The van der Waals surface area contributed by atoms with Crippen LogP contribution in [-0.2, 0) is 9.53 Å². The van der Waals surface area contributed by atoms with Gasteiger partial charge in [0.05, 0.1) is 0 Å². The van der Waals surface area contributed by atoms with Gasteiger partial charge in [-0.05, 0) is 81.7 Å². The van der Waals surface area contributed by atoms with Gasteiger partial charge in [-0.2, -0.15) is 0 Å². The summed E-state index contributed by atoms with van der Waals surface area (Å²) in [5.74, 6) is 0.517. The molecular weight excluding hydrogens is 434 g/mol. The Bertz CT molecular complexity index is 1220. The molecule has 0 N–H and O–H groups in total. The molecule has 2 aromatic rings. The Morgan fingerprint density at radius 1 is 1.06 bits per heavy atom. The minimum Gasteiger partial charge on any atom is -0.420 e. The Kier molecular flexibility index (Phi) is 7.35. The maximum atomic E-state index is 12.8. The van der Waals surface area contributed by atoms with Crippen LogP contribution in [0.1, 0.15) is 38.8 Å². The first-order valence-electron chi connectivity index (χ1n) is 12.2. The first-order chi connectivity index (χ1) is 16.9. The second-order valence-electron chi connectivity index (χ2n) is 9.12. The summed E-state index contributed by atoms with van der Waals surface area (Å²) >= 11 is 0. The van der Waals surface area contributed by atoms with Crippen LogP contribution in [0, 0.1) is 12.8 Å². The van der Waals surface area contributed by atoms with E-state index in [4.69, 9.17) is 4.74 Å². The molecule has 5 nitrogen and oxygen atoms in total. The predicted molar refractivity (Wildman–Crippen MR) is 144 cm³/mol. The summed E-state index contributed by atoms with van der Waals surface area (Å²) < 4.78 is 5.82. The molecule has 0 aromatic heterocycles. The number of nitrogens with zero attached hydrogens (tertiary/aromatic N) is 3. The summed E-state index contributed by atoms with van der Waals surface area (Å²) in [5, 5.41) is 0. The first-order valence-corrected chi connectivity index (χ1v) is 12.2. The highest BCUT2D eigenvalue weighted by molar-refractivity contribution is 6.11. The number of ether oxygens (including phenoxy) is 1. The Morgan fingerprint density at radius 3 is 2.34 bits per heavy atom. The monoisotopic (exact) mass is 467 g/mol. The third-order valence-electron chi connectivity index (χ3n) is 5.82. The number of likely N-dealkylation sites (N-methyl/N-ethyl adjacent to an activating group) is 1. The maximum absolute atomic E-state index is 12.8. The average molecular weight is 468 g/mol. The molecule has 0 bridgehead atoms. The largest absolute Gasteiger partial charge is 0.420 e. The molecule has 1 unspecified atom stereocenters. The van der Waals surface area contributed by atoms with E-state index in [0.29, 0.717) is 24.2 Å². The van der Waals surface area contributed by atoms with Crippen LogP contribution in [0.3, 0.4) is 0 Å². The lowest BCUT2D eigenvalue weighted by atomic mass is 10.1. The van der Waals surface area contributed by atoms with Gasteiger partial charge in [-0.15, -0.1) is 0 Å². The first kappa shape index (κ1) is 24.3. The molecule has 5 heteroatoms. The fourth-order valence-corrected chi connectivity index (χ4v) is 3.96. The lowest BCUT2D eigenvalue weighted by Crippen LogP contribution is -2.30. The van der Waals surface area contributed by atoms with E-state index in [9.17, 15) is 4.79 Å². The number of carbonyl (C=O) groups excluding carboxylic acids is 1. The topological polar surface area (TPSA) is 45.1 Å². The van der Waals surface area contributed by atoms with Crippen LogP contribution < -0.4 is 4.90 Å². The van der Waals surface area contributed by atoms with Gasteiger partial charge in [-0.25, -0.2) is 4.99 Å². The Balaban J connectivity index is 1.66. The maximum Gasteiger partial charge on any atom is 0.300 e. The minimum atomic E-state index is -0.160. The van der Waals surface area contributed by atoms with Crippen molar-refractivity contribution in [1.29, 1.82) is 0 Å². The predicted octanol–water partition coefficient (Wildman–Crippen LogP) is 6.76. The van der Waals surface area contributed by atoms with Crippen molar-refractivity contribution >= 4 is 29.4 Å². The molecule has 1 aliphatic heterocycles. The van der Waals surface area contributed by atoms with E-state index >= 15 is 0 Å². The zero-order chi connectivity index (χ0) is 24.9. The molecule has 2 aliphatic rings. The summed E-state index contributed by atoms with van der Waals surface area (Å²) in [6.45, 7) is 10.6. The quantitative estimate of drug-likeness (QED) is 0.441. The number of anilines is 2. The molecule has 2 aromatic carbocycles. The fraction of sp³-hybridized carbons (Fsp3) is 0.267. The molecule has 0 spiro atoms. The van der Waals surface area contributed by atoms with Crippen LogP contribution in [0.25, 0.3) is 6.08 Å². The molecule has 1 fully saturated rings. The SMILES string of the molecule is CCN1C(=O)/C(=C\c2ccc(N(C3=CC=CC(C)C=C3)c3ccc(C)cc3)cc2)OC1=NC(C)C. The molecule has 1 amide bonds. The van der Waals surface area contributed by atoms with Crippen molar-refractivity contribution < 1.29 is 9.53 Å². The van der Waals surface area contributed by atoms with Crippen molar-refractivity contribution in [2.24, 2.45) is 10.9 Å². The second kappa shape index (κ2) is 10.6. The smallest absolute Gasteiger partial charge is 0.300 e. The molecule has 1 saturated heterocycles. The second-order valence-corrected chi connectivity index (χ2v) is 9.12. The highest BCUT2D eigenvalue weighted by Crippen LogP contribution is 2.32. The summed E-state index contributed by atoms with van der Waals surface area (Å²) in [5.41, 5.74) is 5.32. The Morgan fingerprint density at radius 2 is 1.71 bits per heavy atom. The number of carbonyl (C=O) groups is 1. The molecule has 1 atom stereocenters. The van der Waals surface area contributed by atoms with Crippen LogP contribution in [0.2, 0.25) is 0 Å². The average Bonchev–Trinajstić information content (AvgIpc) is 2.97. The van der Waals surface area contributed by atoms with Crippen LogP contribution in [0.5, 0.6) is 0 Å². The highest BCUT2D eigenvalue weighted by Gasteiger charge is 2.33. The van der Waals surface area contributed by atoms with Crippen molar-refractivity contribution in [3.63, 3.8) is 0 Å². The van der Waals surface area contributed by atoms with Crippen molar-refractivity contribution in [1.82, 2.24) is 4.90 Å². The molecule has 180 valence electrons. The van der Waals surface area contributed by atoms with Crippen molar-refractivity contribution in [2.45, 2.75) is 40.7 Å². The number of hydrogen-bond donors (Lipinski definition) is 0. The lowest BCUT2D eigenvalue weighted by Gasteiger charge is -2.26. The summed E-state index contributed by atoms with van der Waals surface area (Å²) in [4.78, 5) is 21.1. The van der Waals surface area contributed by atoms with Gasteiger partial charge in [0.1, 0.15) is 0 Å². The van der Waals surface area contributed by atoms with Crippen LogP contribution >= 0.6 is 0 Å². The van der Waals surface area contributed by atoms with E-state index in [0.717, 1.165) is 22.6 Å². The number of benzene rings is 2. The number of allylic oxidation sites excluding steroid dienone is 5. The van der Waals surface area contributed by atoms with E-state index in [1.807, 2.05) is 32.9 Å². The summed E-state index contributed by atoms with van der Waals surface area (Å²) in [6.07, 6.45) is 12.6. The van der Waals surface area contributed by atoms with Gasteiger partial charge in [0, 0.05) is 29.7 Å². The van der Waals surface area contributed by atoms with Gasteiger partial charge in [-0.1, -0.05) is 55.0 Å². The van der Waals surface area contributed by atoms with Gasteiger partial charge in [-0.3, -0.25) is 9.69 Å². The standard InChI is InChI=1S/C30H33N3O2/c1-6-32-29(34)28(35-30(32)31-21(2)3)20-24-13-18-27(19-14-24)33(26-16-11-23(5)12-17-26)25-9-7-8-22(4)10-15-25/h7-22H,6H2,1-5H3/b28-20+,31-30?. The molecule has 1 aliphatic carbocycles. The summed E-state index contributed by atoms with van der Waals surface area (Å²) in [6, 6.07) is 17.1. The van der Waals surface area contributed by atoms with E-state index in [-0.39, 0.29) is 11.9 Å². The van der Waals surface area contributed by atoms with Gasteiger partial charge < -0.3 is 9.64 Å². The van der Waals surface area contributed by atoms with E-state index in [2.05, 4.69) is 90.5 Å². The number of amidine groups is 1. The van der Waals surface area contributed by atoms with Crippen LogP contribution in [0.4, 0.5) is 11.4 Å². The molecule has 0 saturated carbocycles. The Hall–Kier alpha value is -3.86. The molecule has 4 rings (SSSR count). The van der Waals surface area contributed by atoms with Crippen molar-refractivity contribution in [2.75, 3.05) is 11.4 Å². The van der Waals surface area contributed by atoms with Crippen molar-refractivity contribution in [3.8, 4) is 0 Å². The lowest BCUT2D eigenvalue weighted by molar-refractivity contribution is -0.122. The number of aliphatic imine (C=N–C) groups is 1. The highest BCUT2D eigenvalue weighted by atomic mass is 16.5. The zero-order valence-corrected chi connectivity index (χ0v) is 21.1. The van der Waals surface area contributed by atoms with Gasteiger partial charge in [0.15, 0.2) is 5.76 Å². The van der Waals surface area contributed by atoms with Gasteiger partial charge in [0.2, 0.25) is 0 Å². The normalized spacial score (nSPS) is 19.9. The van der Waals surface area contributed by atoms with Crippen LogP contribution in [0.15, 0.2) is 95.4 Å². The Labute approximate surface area is 208 Å². The van der Waals surface area contributed by atoms with Crippen LogP contribution in [-0.4, -0.2) is 29.4 Å². The number of amides is 1. The molecule has 0 radical (unpaired) electrons. The van der Waals surface area contributed by atoms with Gasteiger partial charge >= 0.3 is 6.02 Å². The van der Waals surface area contributed by atoms with E-state index in [1.54, 1.807) is 11.0 Å². The van der Waals surface area contributed by atoms with Gasteiger partial charge in [0.25, 0.3) is 5.91 Å². The summed E-state index contributed by atoms with van der Waals surface area (Å²) in [7, 11) is 0. The third kappa shape index (κ3) is 5.62. The number of aryl methyl sites for hydroxylation is 1. The van der Waals surface area contributed by atoms with E-state index in [1.165, 1.54) is 5.56 Å². The fourth-order valence-electron chi connectivity index (χ4n) is 3.96. The number of rotatable bonds is 6. The molecule has 1 heterocycles. The van der Waals surface area contributed by atoms with Crippen molar-refractivity contribution in [3.05, 3.63) is 101 Å². The molecule has 35 heavy (non-hydrogen) atoms. The number of hydrogen-bond acceptors (Lipinski definition) is 4. The molecular formula is C30H33N3O2.